The van der Waals surface area contributed by atoms with Crippen molar-refractivity contribution in [3.63, 3.8) is 0 Å². The summed E-state index contributed by atoms with van der Waals surface area (Å²) in [5.41, 5.74) is 2.13. The van der Waals surface area contributed by atoms with Crippen LogP contribution in [0.25, 0.3) is 0 Å². The van der Waals surface area contributed by atoms with Crippen LogP contribution in [0.15, 0.2) is 24.3 Å². The van der Waals surface area contributed by atoms with Gasteiger partial charge in [0.05, 0.1) is 13.2 Å². The molecule has 2 heteroatoms. The molecule has 80 valence electrons. The maximum atomic E-state index is 9.02. The van der Waals surface area contributed by atoms with Gasteiger partial charge >= 0.3 is 0 Å². The van der Waals surface area contributed by atoms with Crippen molar-refractivity contribution in [2.24, 2.45) is 0 Å². The van der Waals surface area contributed by atoms with E-state index in [9.17, 15) is 0 Å². The molecule has 15 heavy (non-hydrogen) atoms. The lowest BCUT2D eigenvalue weighted by molar-refractivity contribution is 0.281. The van der Waals surface area contributed by atoms with Crippen molar-refractivity contribution in [1.82, 2.24) is 5.32 Å². The second-order valence-electron chi connectivity index (χ2n) is 3.43. The van der Waals surface area contributed by atoms with Gasteiger partial charge < -0.3 is 5.11 Å². The lowest BCUT2D eigenvalue weighted by Crippen LogP contribution is -2.18. The molecule has 0 saturated carbocycles. The zero-order valence-corrected chi connectivity index (χ0v) is 9.25. The first-order valence-electron chi connectivity index (χ1n) is 5.10. The Morgan fingerprint density at radius 1 is 1.47 bits per heavy atom. The highest BCUT2D eigenvalue weighted by Crippen LogP contribution is 2.13. The van der Waals surface area contributed by atoms with Crippen LogP contribution in [0.4, 0.5) is 0 Å². The van der Waals surface area contributed by atoms with Crippen LogP contribution in [-0.2, 0) is 6.61 Å². The van der Waals surface area contributed by atoms with Crippen molar-refractivity contribution >= 4 is 0 Å². The monoisotopic (exact) mass is 203 g/mol. The summed E-state index contributed by atoms with van der Waals surface area (Å²) in [7, 11) is 0. The van der Waals surface area contributed by atoms with Crippen LogP contribution in [0.1, 0.15) is 31.0 Å². The zero-order chi connectivity index (χ0) is 11.1. The van der Waals surface area contributed by atoms with Crippen molar-refractivity contribution in [1.29, 1.82) is 0 Å². The van der Waals surface area contributed by atoms with Gasteiger partial charge in [0.1, 0.15) is 0 Å². The summed E-state index contributed by atoms with van der Waals surface area (Å²) in [6.07, 6.45) is 0. The van der Waals surface area contributed by atoms with Crippen LogP contribution >= 0.6 is 0 Å². The minimum atomic E-state index is 0.0926. The lowest BCUT2D eigenvalue weighted by Gasteiger charge is -2.12. The quantitative estimate of drug-likeness (QED) is 0.732. The predicted molar refractivity (Wildman–Crippen MR) is 62.2 cm³/mol. The van der Waals surface area contributed by atoms with Crippen LogP contribution in [0, 0.1) is 11.8 Å². The maximum Gasteiger partial charge on any atom is 0.0681 e. The molecule has 0 spiro atoms. The average Bonchev–Trinajstić information content (AvgIpc) is 2.29. The van der Waals surface area contributed by atoms with E-state index in [0.29, 0.717) is 6.54 Å². The molecule has 1 rings (SSSR count). The molecule has 0 amide bonds. The SMILES string of the molecule is CC#CCNC(C)c1cccc(CO)c1. The van der Waals surface area contributed by atoms with Gasteiger partial charge in [-0.15, -0.1) is 5.92 Å². The third-order valence-electron chi connectivity index (χ3n) is 2.31. The summed E-state index contributed by atoms with van der Waals surface area (Å²) in [5.74, 6) is 5.81. The summed E-state index contributed by atoms with van der Waals surface area (Å²) in [4.78, 5) is 0. The molecule has 0 fully saturated rings. The predicted octanol–water partition coefficient (Wildman–Crippen LogP) is 1.85. The van der Waals surface area contributed by atoms with Gasteiger partial charge in [-0.1, -0.05) is 30.2 Å². The van der Waals surface area contributed by atoms with Gasteiger partial charge in [-0.05, 0) is 25.0 Å². The largest absolute Gasteiger partial charge is 0.392 e. The Labute approximate surface area is 91.3 Å². The van der Waals surface area contributed by atoms with Crippen LogP contribution in [-0.4, -0.2) is 11.7 Å². The van der Waals surface area contributed by atoms with Gasteiger partial charge in [0.2, 0.25) is 0 Å². The zero-order valence-electron chi connectivity index (χ0n) is 9.25. The van der Waals surface area contributed by atoms with E-state index in [0.717, 1.165) is 5.56 Å². The van der Waals surface area contributed by atoms with Crippen LogP contribution in [0.2, 0.25) is 0 Å². The van der Waals surface area contributed by atoms with Gasteiger partial charge in [0.25, 0.3) is 0 Å². The fraction of sp³-hybridized carbons (Fsp3) is 0.385. The number of benzene rings is 1. The molecule has 0 bridgehead atoms. The van der Waals surface area contributed by atoms with Gasteiger partial charge in [-0.3, -0.25) is 5.32 Å². The molecule has 0 saturated heterocycles. The Morgan fingerprint density at radius 3 is 2.93 bits per heavy atom. The van der Waals surface area contributed by atoms with E-state index in [1.807, 2.05) is 25.1 Å². The number of hydrogen-bond acceptors (Lipinski definition) is 2. The molecule has 0 radical (unpaired) electrons. The molecule has 1 aromatic rings. The minimum Gasteiger partial charge on any atom is -0.392 e. The normalized spacial score (nSPS) is 11.7. The Morgan fingerprint density at radius 2 is 2.27 bits per heavy atom. The van der Waals surface area contributed by atoms with Gasteiger partial charge in [-0.2, -0.15) is 0 Å². The van der Waals surface area contributed by atoms with Crippen molar-refractivity contribution < 1.29 is 5.11 Å². The topological polar surface area (TPSA) is 32.3 Å². The summed E-state index contributed by atoms with van der Waals surface area (Å²) in [5, 5.41) is 12.3. The molecule has 2 N–H and O–H groups in total. The third kappa shape index (κ3) is 3.75. The first-order chi connectivity index (χ1) is 7.27. The van der Waals surface area contributed by atoms with Crippen LogP contribution < -0.4 is 5.32 Å². The smallest absolute Gasteiger partial charge is 0.0681 e. The summed E-state index contributed by atoms with van der Waals surface area (Å²) < 4.78 is 0. The van der Waals surface area contributed by atoms with E-state index in [2.05, 4.69) is 30.1 Å². The second-order valence-corrected chi connectivity index (χ2v) is 3.43. The fourth-order valence-electron chi connectivity index (χ4n) is 1.37. The van der Waals surface area contributed by atoms with Gasteiger partial charge in [0, 0.05) is 6.04 Å². The highest BCUT2D eigenvalue weighted by atomic mass is 16.3. The van der Waals surface area contributed by atoms with E-state index in [-0.39, 0.29) is 12.6 Å². The average molecular weight is 203 g/mol. The molecule has 0 aliphatic heterocycles. The number of aliphatic hydroxyl groups is 1. The van der Waals surface area contributed by atoms with E-state index >= 15 is 0 Å². The number of nitrogens with one attached hydrogen (secondary N) is 1. The molecular formula is C13H17NO. The minimum absolute atomic E-state index is 0.0926. The molecule has 2 nitrogen and oxygen atoms in total. The van der Waals surface area contributed by atoms with Crippen molar-refractivity contribution in [2.75, 3.05) is 6.54 Å². The Balaban J connectivity index is 2.62. The van der Waals surface area contributed by atoms with Crippen molar-refractivity contribution in [3.8, 4) is 11.8 Å². The summed E-state index contributed by atoms with van der Waals surface area (Å²) in [6, 6.07) is 8.21. The first kappa shape index (κ1) is 11.8. The lowest BCUT2D eigenvalue weighted by atomic mass is 10.1. The van der Waals surface area contributed by atoms with Crippen LogP contribution in [0.3, 0.4) is 0 Å². The van der Waals surface area contributed by atoms with E-state index in [4.69, 9.17) is 5.11 Å². The molecule has 0 aliphatic carbocycles. The summed E-state index contributed by atoms with van der Waals surface area (Å²) in [6.45, 7) is 4.71. The molecule has 1 unspecified atom stereocenters. The number of hydrogen-bond donors (Lipinski definition) is 2. The molecule has 0 aliphatic rings. The van der Waals surface area contributed by atoms with E-state index in [1.54, 1.807) is 0 Å². The standard InChI is InChI=1S/C13H17NO/c1-3-4-8-14-11(2)13-7-5-6-12(9-13)10-15/h5-7,9,11,14-15H,8,10H2,1-2H3. The number of rotatable bonds is 4. The van der Waals surface area contributed by atoms with E-state index in [1.165, 1.54) is 5.56 Å². The van der Waals surface area contributed by atoms with Crippen molar-refractivity contribution in [2.45, 2.75) is 26.5 Å². The van der Waals surface area contributed by atoms with E-state index < -0.39 is 0 Å². The number of aliphatic hydroxyl groups excluding tert-OH is 1. The molecule has 1 atom stereocenters. The van der Waals surface area contributed by atoms with Crippen molar-refractivity contribution in [3.05, 3.63) is 35.4 Å². The fourth-order valence-corrected chi connectivity index (χ4v) is 1.37. The first-order valence-corrected chi connectivity index (χ1v) is 5.10. The van der Waals surface area contributed by atoms with Crippen LogP contribution in [0.5, 0.6) is 0 Å². The Hall–Kier alpha value is -1.30. The molecule has 1 aromatic carbocycles. The van der Waals surface area contributed by atoms with Gasteiger partial charge in [-0.25, -0.2) is 0 Å². The summed E-state index contributed by atoms with van der Waals surface area (Å²) >= 11 is 0. The molecular weight excluding hydrogens is 186 g/mol. The second kappa shape index (κ2) is 6.23. The Kier molecular flexibility index (Phi) is 4.89. The Bertz CT molecular complexity index is 362. The highest BCUT2D eigenvalue weighted by molar-refractivity contribution is 5.25. The molecule has 0 heterocycles. The highest BCUT2D eigenvalue weighted by Gasteiger charge is 2.03. The molecule has 0 aromatic heterocycles. The maximum absolute atomic E-state index is 9.02. The van der Waals surface area contributed by atoms with Gasteiger partial charge in [0.15, 0.2) is 0 Å². The third-order valence-corrected chi connectivity index (χ3v) is 2.31.